The molecule has 0 amide bonds. The maximum Gasteiger partial charge on any atom is 0.374 e. The number of hydrogen-bond donors (Lipinski definition) is 1. The molecule has 0 radical (unpaired) electrons. The van der Waals surface area contributed by atoms with Crippen molar-refractivity contribution in [2.45, 2.75) is 37.5 Å². The minimum atomic E-state index is -4.04. The molecule has 0 aromatic rings. The van der Waals surface area contributed by atoms with Crippen LogP contribution in [0.2, 0.25) is 0 Å². The van der Waals surface area contributed by atoms with E-state index < -0.39 is 36.6 Å². The van der Waals surface area contributed by atoms with E-state index in [1.54, 1.807) is 0 Å². The van der Waals surface area contributed by atoms with Gasteiger partial charge in [-0.15, -0.1) is 0 Å². The Morgan fingerprint density at radius 2 is 2.00 bits per heavy atom. The quantitative estimate of drug-likeness (QED) is 0.717. The molecule has 0 heterocycles. The summed E-state index contributed by atoms with van der Waals surface area (Å²) in [4.78, 5) is 10.1. The van der Waals surface area contributed by atoms with Gasteiger partial charge >= 0.3 is 11.9 Å². The Bertz CT molecular complexity index is 239. The van der Waals surface area contributed by atoms with E-state index in [9.17, 15) is 22.4 Å². The minimum absolute atomic E-state index is 0.0550. The third-order valence-corrected chi connectivity index (χ3v) is 2.44. The van der Waals surface area contributed by atoms with Gasteiger partial charge in [-0.25, -0.2) is 13.6 Å². The van der Waals surface area contributed by atoms with Gasteiger partial charge in [0.1, 0.15) is 0 Å². The Morgan fingerprint density at radius 3 is 2.43 bits per heavy atom. The average molecular weight is 214 g/mol. The zero-order valence-electron chi connectivity index (χ0n) is 7.27. The van der Waals surface area contributed by atoms with Gasteiger partial charge in [0.2, 0.25) is 5.92 Å². The second kappa shape index (κ2) is 3.40. The molecule has 1 rings (SSSR count). The van der Waals surface area contributed by atoms with Crippen LogP contribution in [0.4, 0.5) is 17.6 Å². The highest BCUT2D eigenvalue weighted by molar-refractivity contribution is 5.75. The number of carboxylic acid groups (broad SMARTS) is 1. The monoisotopic (exact) mass is 214 g/mol. The summed E-state index contributed by atoms with van der Waals surface area (Å²) in [7, 11) is 0. The van der Waals surface area contributed by atoms with Crippen LogP contribution in [0.25, 0.3) is 0 Å². The molecule has 1 fully saturated rings. The van der Waals surface area contributed by atoms with E-state index >= 15 is 0 Å². The summed E-state index contributed by atoms with van der Waals surface area (Å²) in [6, 6.07) is 0. The first-order valence-corrected chi connectivity index (χ1v) is 4.25. The summed E-state index contributed by atoms with van der Waals surface area (Å²) in [5, 5.41) is 8.17. The van der Waals surface area contributed by atoms with Crippen LogP contribution in [0.3, 0.4) is 0 Å². The highest BCUT2D eigenvalue weighted by Gasteiger charge is 2.52. The van der Waals surface area contributed by atoms with E-state index in [1.165, 1.54) is 0 Å². The second-order valence-corrected chi connectivity index (χ2v) is 3.58. The molecule has 1 N–H and O–H groups in total. The molecule has 1 aliphatic carbocycles. The standard InChI is InChI=1S/C8H10F4O2/c9-7(10)3-1-2-5(4-7)8(11,12)6(13)14/h5H,1-4H2,(H,13,14). The second-order valence-electron chi connectivity index (χ2n) is 3.58. The van der Waals surface area contributed by atoms with Crippen LogP contribution in [-0.4, -0.2) is 22.9 Å². The highest BCUT2D eigenvalue weighted by Crippen LogP contribution is 2.43. The third-order valence-electron chi connectivity index (χ3n) is 2.44. The van der Waals surface area contributed by atoms with E-state index in [-0.39, 0.29) is 12.8 Å². The Hall–Kier alpha value is -0.810. The molecule has 14 heavy (non-hydrogen) atoms. The van der Waals surface area contributed by atoms with E-state index in [4.69, 9.17) is 5.11 Å². The van der Waals surface area contributed by atoms with Crippen molar-refractivity contribution in [1.82, 2.24) is 0 Å². The molecule has 0 bridgehead atoms. The molecule has 6 heteroatoms. The van der Waals surface area contributed by atoms with E-state index in [2.05, 4.69) is 0 Å². The summed E-state index contributed by atoms with van der Waals surface area (Å²) in [6.45, 7) is 0. The Kier molecular flexibility index (Phi) is 2.74. The number of aliphatic carboxylic acids is 1. The van der Waals surface area contributed by atoms with E-state index in [1.807, 2.05) is 0 Å². The maximum atomic E-state index is 12.8. The molecule has 0 spiro atoms. The Morgan fingerprint density at radius 1 is 1.43 bits per heavy atom. The molecule has 2 nitrogen and oxygen atoms in total. The van der Waals surface area contributed by atoms with Gasteiger partial charge in [0.05, 0.1) is 0 Å². The molecule has 1 atom stereocenters. The van der Waals surface area contributed by atoms with Crippen LogP contribution in [0.5, 0.6) is 0 Å². The van der Waals surface area contributed by atoms with Crippen molar-refractivity contribution in [2.24, 2.45) is 5.92 Å². The van der Waals surface area contributed by atoms with Crippen LogP contribution >= 0.6 is 0 Å². The fourth-order valence-corrected chi connectivity index (χ4v) is 1.66. The largest absolute Gasteiger partial charge is 0.477 e. The summed E-state index contributed by atoms with van der Waals surface area (Å²) >= 11 is 0. The van der Waals surface area contributed by atoms with Gasteiger partial charge in [-0.05, 0) is 12.8 Å². The van der Waals surface area contributed by atoms with Crippen LogP contribution < -0.4 is 0 Å². The number of halogens is 4. The Balaban J connectivity index is 2.74. The zero-order chi connectivity index (χ0) is 11.0. The molecule has 0 aromatic carbocycles. The number of hydrogen-bond acceptors (Lipinski definition) is 1. The van der Waals surface area contributed by atoms with Crippen LogP contribution in [0, 0.1) is 5.92 Å². The first kappa shape index (κ1) is 11.3. The molecule has 1 unspecified atom stereocenters. The lowest BCUT2D eigenvalue weighted by Gasteiger charge is -2.31. The minimum Gasteiger partial charge on any atom is -0.477 e. The maximum absolute atomic E-state index is 12.8. The van der Waals surface area contributed by atoms with Crippen molar-refractivity contribution in [3.63, 3.8) is 0 Å². The van der Waals surface area contributed by atoms with Gasteiger partial charge in [-0.3, -0.25) is 0 Å². The lowest BCUT2D eigenvalue weighted by atomic mass is 9.82. The number of rotatable bonds is 2. The molecular formula is C8H10F4O2. The molecular weight excluding hydrogens is 204 g/mol. The first-order chi connectivity index (χ1) is 6.26. The number of alkyl halides is 4. The van der Waals surface area contributed by atoms with Crippen molar-refractivity contribution in [3.8, 4) is 0 Å². The third kappa shape index (κ3) is 2.16. The molecule has 0 aromatic heterocycles. The molecule has 1 aliphatic rings. The zero-order valence-corrected chi connectivity index (χ0v) is 7.27. The summed E-state index contributed by atoms with van der Waals surface area (Å²) in [5.74, 6) is -11.3. The molecule has 1 saturated carbocycles. The summed E-state index contributed by atoms with van der Waals surface area (Å²) in [6.07, 6.45) is -1.68. The van der Waals surface area contributed by atoms with Crippen molar-refractivity contribution in [1.29, 1.82) is 0 Å². The van der Waals surface area contributed by atoms with Crippen LogP contribution in [-0.2, 0) is 4.79 Å². The average Bonchev–Trinajstić information content (AvgIpc) is 2.02. The van der Waals surface area contributed by atoms with Gasteiger partial charge in [0, 0.05) is 18.8 Å². The molecule has 0 saturated heterocycles. The topological polar surface area (TPSA) is 37.3 Å². The van der Waals surface area contributed by atoms with Gasteiger partial charge in [-0.2, -0.15) is 8.78 Å². The fraction of sp³-hybridized carbons (Fsp3) is 0.875. The lowest BCUT2D eigenvalue weighted by Crippen LogP contribution is -2.42. The SMILES string of the molecule is O=C(O)C(F)(F)C1CCCC(F)(F)C1. The highest BCUT2D eigenvalue weighted by atomic mass is 19.3. The van der Waals surface area contributed by atoms with Crippen LogP contribution in [0.15, 0.2) is 0 Å². The van der Waals surface area contributed by atoms with Crippen molar-refractivity contribution >= 4 is 5.97 Å². The normalized spacial score (nSPS) is 27.3. The fourth-order valence-electron chi connectivity index (χ4n) is 1.66. The van der Waals surface area contributed by atoms with Crippen LogP contribution in [0.1, 0.15) is 25.7 Å². The lowest BCUT2D eigenvalue weighted by molar-refractivity contribution is -0.183. The van der Waals surface area contributed by atoms with Gasteiger partial charge < -0.3 is 5.11 Å². The van der Waals surface area contributed by atoms with Gasteiger partial charge in [0.25, 0.3) is 0 Å². The molecule has 82 valence electrons. The van der Waals surface area contributed by atoms with E-state index in [0.29, 0.717) is 0 Å². The first-order valence-electron chi connectivity index (χ1n) is 4.25. The predicted molar refractivity (Wildman–Crippen MR) is 39.5 cm³/mol. The molecule has 0 aliphatic heterocycles. The number of carbonyl (C=O) groups is 1. The van der Waals surface area contributed by atoms with E-state index in [0.717, 1.165) is 0 Å². The predicted octanol–water partition coefficient (Wildman–Crippen LogP) is 2.53. The van der Waals surface area contributed by atoms with Crippen molar-refractivity contribution in [3.05, 3.63) is 0 Å². The number of carboxylic acids is 1. The Labute approximate surface area is 77.9 Å². The smallest absolute Gasteiger partial charge is 0.374 e. The summed E-state index contributed by atoms with van der Waals surface area (Å²) in [5.41, 5.74) is 0. The van der Waals surface area contributed by atoms with Crippen molar-refractivity contribution < 1.29 is 27.5 Å². The van der Waals surface area contributed by atoms with Gasteiger partial charge in [-0.1, -0.05) is 0 Å². The van der Waals surface area contributed by atoms with Gasteiger partial charge in [0.15, 0.2) is 0 Å². The summed E-state index contributed by atoms with van der Waals surface area (Å²) < 4.78 is 51.1. The van der Waals surface area contributed by atoms with Crippen molar-refractivity contribution in [2.75, 3.05) is 0 Å².